The highest BCUT2D eigenvalue weighted by Gasteiger charge is 2.48. The van der Waals surface area contributed by atoms with Crippen LogP contribution in [-0.4, -0.2) is 39.3 Å². The lowest BCUT2D eigenvalue weighted by Gasteiger charge is -2.29. The highest BCUT2D eigenvalue weighted by molar-refractivity contribution is 5.86. The molecule has 0 aliphatic carbocycles. The van der Waals surface area contributed by atoms with Crippen LogP contribution in [0.5, 0.6) is 0 Å². The molecule has 0 aromatic carbocycles. The molecule has 0 aromatic rings. The van der Waals surface area contributed by atoms with Crippen molar-refractivity contribution in [3.63, 3.8) is 0 Å². The summed E-state index contributed by atoms with van der Waals surface area (Å²) >= 11 is 0. The van der Waals surface area contributed by atoms with Gasteiger partial charge in [-0.25, -0.2) is 4.79 Å². The molecule has 1 amide bonds. The molecule has 5 nitrogen and oxygen atoms in total. The SMILES string of the molecule is CCCCCCCCCCCCCCCC(=O)N1CCCC1(O)C(=O)O. The summed E-state index contributed by atoms with van der Waals surface area (Å²) in [4.78, 5) is 24.5. The molecule has 26 heavy (non-hydrogen) atoms. The lowest BCUT2D eigenvalue weighted by Crippen LogP contribution is -2.53. The van der Waals surface area contributed by atoms with Gasteiger partial charge < -0.3 is 15.1 Å². The summed E-state index contributed by atoms with van der Waals surface area (Å²) in [6.07, 6.45) is 17.3. The minimum Gasteiger partial charge on any atom is -0.478 e. The third-order valence-corrected chi connectivity index (χ3v) is 5.49. The van der Waals surface area contributed by atoms with Gasteiger partial charge in [-0.2, -0.15) is 0 Å². The maximum absolute atomic E-state index is 12.2. The van der Waals surface area contributed by atoms with Crippen molar-refractivity contribution in [3.8, 4) is 0 Å². The van der Waals surface area contributed by atoms with Crippen LogP contribution in [0.15, 0.2) is 0 Å². The first-order chi connectivity index (χ1) is 12.5. The Kier molecular flexibility index (Phi) is 11.6. The number of aliphatic carboxylic acids is 1. The lowest BCUT2D eigenvalue weighted by molar-refractivity contribution is -0.182. The van der Waals surface area contributed by atoms with Gasteiger partial charge in [-0.1, -0.05) is 84.0 Å². The number of aliphatic hydroxyl groups is 1. The Hall–Kier alpha value is -1.10. The number of unbranched alkanes of at least 4 members (excludes halogenated alkanes) is 12. The number of carbonyl (C=O) groups excluding carboxylic acids is 1. The van der Waals surface area contributed by atoms with E-state index in [0.717, 1.165) is 24.2 Å². The normalized spacial score (nSPS) is 19.8. The van der Waals surface area contributed by atoms with Gasteiger partial charge in [-0.05, 0) is 12.8 Å². The summed E-state index contributed by atoms with van der Waals surface area (Å²) in [6, 6.07) is 0. The van der Waals surface area contributed by atoms with E-state index in [-0.39, 0.29) is 12.3 Å². The van der Waals surface area contributed by atoms with Crippen molar-refractivity contribution in [2.75, 3.05) is 6.54 Å². The van der Waals surface area contributed by atoms with Crippen LogP contribution in [0, 0.1) is 0 Å². The predicted molar refractivity (Wildman–Crippen MR) is 104 cm³/mol. The molecule has 1 aliphatic rings. The van der Waals surface area contributed by atoms with E-state index in [4.69, 9.17) is 5.11 Å². The molecule has 5 heteroatoms. The molecule has 0 saturated carbocycles. The van der Waals surface area contributed by atoms with E-state index in [1.807, 2.05) is 0 Å². The van der Waals surface area contributed by atoms with Crippen molar-refractivity contribution in [2.45, 2.75) is 115 Å². The summed E-state index contributed by atoms with van der Waals surface area (Å²) < 4.78 is 0. The maximum atomic E-state index is 12.2. The Morgan fingerprint density at radius 1 is 0.846 bits per heavy atom. The number of nitrogens with zero attached hydrogens (tertiary/aromatic N) is 1. The maximum Gasteiger partial charge on any atom is 0.357 e. The molecule has 0 spiro atoms. The van der Waals surface area contributed by atoms with Crippen molar-refractivity contribution >= 4 is 11.9 Å². The standard InChI is InChI=1S/C21H39NO4/c1-2-3-4-5-6-7-8-9-10-11-12-13-14-16-19(23)22-18-15-17-21(22,26)20(24)25/h26H,2-18H2,1H3,(H,24,25). The number of carboxylic acids is 1. The van der Waals surface area contributed by atoms with Crippen LogP contribution >= 0.6 is 0 Å². The molecule has 1 heterocycles. The van der Waals surface area contributed by atoms with E-state index >= 15 is 0 Å². The molecule has 1 rings (SSSR count). The highest BCUT2D eigenvalue weighted by Crippen LogP contribution is 2.28. The van der Waals surface area contributed by atoms with Crippen LogP contribution in [0.2, 0.25) is 0 Å². The van der Waals surface area contributed by atoms with E-state index < -0.39 is 11.7 Å². The molecule has 2 N–H and O–H groups in total. The van der Waals surface area contributed by atoms with Gasteiger partial charge in [0, 0.05) is 19.4 Å². The number of carboxylic acid groups (broad SMARTS) is 1. The van der Waals surface area contributed by atoms with Crippen molar-refractivity contribution in [1.82, 2.24) is 4.90 Å². The smallest absolute Gasteiger partial charge is 0.357 e. The van der Waals surface area contributed by atoms with Crippen LogP contribution in [-0.2, 0) is 9.59 Å². The van der Waals surface area contributed by atoms with Gasteiger partial charge in [0.05, 0.1) is 0 Å². The van der Waals surface area contributed by atoms with Gasteiger partial charge in [-0.15, -0.1) is 0 Å². The summed E-state index contributed by atoms with van der Waals surface area (Å²) in [5.74, 6) is -1.54. The molecule has 0 bridgehead atoms. The Morgan fingerprint density at radius 3 is 1.77 bits per heavy atom. The van der Waals surface area contributed by atoms with Crippen molar-refractivity contribution in [2.24, 2.45) is 0 Å². The molecule has 0 aromatic heterocycles. The molecule has 1 atom stereocenters. The number of amides is 1. The molecule has 1 unspecified atom stereocenters. The average Bonchev–Trinajstić information content (AvgIpc) is 3.02. The number of hydrogen-bond donors (Lipinski definition) is 2. The molecule has 1 aliphatic heterocycles. The minimum absolute atomic E-state index is 0.132. The predicted octanol–water partition coefficient (Wildman–Crippen LogP) is 4.86. The van der Waals surface area contributed by atoms with Gasteiger partial charge in [-0.3, -0.25) is 4.79 Å². The number of hydrogen-bond acceptors (Lipinski definition) is 3. The monoisotopic (exact) mass is 369 g/mol. The first-order valence-electron chi connectivity index (χ1n) is 10.8. The summed E-state index contributed by atoms with van der Waals surface area (Å²) in [7, 11) is 0. The zero-order valence-corrected chi connectivity index (χ0v) is 16.7. The fourth-order valence-electron chi connectivity index (χ4n) is 3.79. The minimum atomic E-state index is -1.98. The Labute approximate surface area is 159 Å². The first-order valence-corrected chi connectivity index (χ1v) is 10.8. The zero-order chi connectivity index (χ0) is 19.3. The van der Waals surface area contributed by atoms with Crippen LogP contribution in [0.25, 0.3) is 0 Å². The molecular weight excluding hydrogens is 330 g/mol. The summed E-state index contributed by atoms with van der Waals surface area (Å²) in [5.41, 5.74) is -1.98. The van der Waals surface area contributed by atoms with E-state index in [1.165, 1.54) is 64.2 Å². The molecule has 1 fully saturated rings. The van der Waals surface area contributed by atoms with Crippen LogP contribution < -0.4 is 0 Å². The van der Waals surface area contributed by atoms with Crippen molar-refractivity contribution in [1.29, 1.82) is 0 Å². The molecule has 1 saturated heterocycles. The Balaban J connectivity index is 1.96. The number of carbonyl (C=O) groups is 2. The van der Waals surface area contributed by atoms with Crippen molar-refractivity contribution < 1.29 is 19.8 Å². The van der Waals surface area contributed by atoms with Gasteiger partial charge in [0.25, 0.3) is 0 Å². The fourth-order valence-corrected chi connectivity index (χ4v) is 3.79. The largest absolute Gasteiger partial charge is 0.478 e. The van der Waals surface area contributed by atoms with E-state index in [0.29, 0.717) is 19.4 Å². The van der Waals surface area contributed by atoms with Crippen LogP contribution in [0.4, 0.5) is 0 Å². The van der Waals surface area contributed by atoms with Crippen LogP contribution in [0.1, 0.15) is 110 Å². The Bertz CT molecular complexity index is 413. The second-order valence-electron chi connectivity index (χ2n) is 7.76. The van der Waals surface area contributed by atoms with E-state index in [1.54, 1.807) is 0 Å². The third kappa shape index (κ3) is 8.07. The molecule has 0 radical (unpaired) electrons. The lowest BCUT2D eigenvalue weighted by atomic mass is 10.0. The fraction of sp³-hybridized carbons (Fsp3) is 0.905. The summed E-state index contributed by atoms with van der Waals surface area (Å²) in [5, 5.41) is 19.2. The molecule has 152 valence electrons. The second-order valence-corrected chi connectivity index (χ2v) is 7.76. The van der Waals surface area contributed by atoms with E-state index in [2.05, 4.69) is 6.92 Å². The van der Waals surface area contributed by atoms with Gasteiger partial charge in [0.1, 0.15) is 0 Å². The number of likely N-dealkylation sites (tertiary alicyclic amines) is 1. The second kappa shape index (κ2) is 13.1. The third-order valence-electron chi connectivity index (χ3n) is 5.49. The van der Waals surface area contributed by atoms with Crippen molar-refractivity contribution in [3.05, 3.63) is 0 Å². The van der Waals surface area contributed by atoms with Gasteiger partial charge in [0.2, 0.25) is 11.6 Å². The summed E-state index contributed by atoms with van der Waals surface area (Å²) in [6.45, 7) is 2.60. The average molecular weight is 370 g/mol. The van der Waals surface area contributed by atoms with E-state index in [9.17, 15) is 14.7 Å². The first kappa shape index (κ1) is 22.9. The quantitative estimate of drug-likeness (QED) is 0.404. The molecular formula is C21H39NO4. The van der Waals surface area contributed by atoms with Crippen LogP contribution in [0.3, 0.4) is 0 Å². The Morgan fingerprint density at radius 2 is 1.31 bits per heavy atom. The topological polar surface area (TPSA) is 77.8 Å². The highest BCUT2D eigenvalue weighted by atomic mass is 16.4. The van der Waals surface area contributed by atoms with Gasteiger partial charge >= 0.3 is 5.97 Å². The number of rotatable bonds is 15. The zero-order valence-electron chi connectivity index (χ0n) is 16.7. The van der Waals surface area contributed by atoms with Gasteiger partial charge in [0.15, 0.2) is 0 Å².